The largest absolute Gasteiger partial charge is 0.385 e. The van der Waals surface area contributed by atoms with Gasteiger partial charge in [-0.3, -0.25) is 0 Å². The molecule has 0 bridgehead atoms. The molecule has 80 valence electrons. The molecule has 1 aromatic carbocycles. The predicted octanol–water partition coefficient (Wildman–Crippen LogP) is 3.03. The Morgan fingerprint density at radius 3 is 2.67 bits per heavy atom. The van der Waals surface area contributed by atoms with Crippen molar-refractivity contribution < 1.29 is 5.11 Å². The summed E-state index contributed by atoms with van der Waals surface area (Å²) in [7, 11) is 0. The molecule has 0 aliphatic heterocycles. The van der Waals surface area contributed by atoms with E-state index in [-0.39, 0.29) is 5.92 Å². The molecule has 0 saturated carbocycles. The number of aromatic amines is 1. The maximum Gasteiger partial charge on any atom is 0.0897 e. The molecule has 0 amide bonds. The molecule has 2 nitrogen and oxygen atoms in total. The van der Waals surface area contributed by atoms with Crippen LogP contribution in [-0.2, 0) is 5.60 Å². The highest BCUT2D eigenvalue weighted by molar-refractivity contribution is 5.83. The number of fused-ring (bicyclic) bond motifs is 1. The number of benzene rings is 1. The number of nitrogens with one attached hydrogen (secondary N) is 1. The summed E-state index contributed by atoms with van der Waals surface area (Å²) < 4.78 is 0. The van der Waals surface area contributed by atoms with E-state index in [1.807, 2.05) is 51.2 Å². The van der Waals surface area contributed by atoms with E-state index < -0.39 is 5.60 Å². The first kappa shape index (κ1) is 10.2. The zero-order valence-electron chi connectivity index (χ0n) is 9.41. The highest BCUT2D eigenvalue weighted by Crippen LogP contribution is 2.33. The average Bonchev–Trinajstić information content (AvgIpc) is 2.64. The third-order valence-electron chi connectivity index (χ3n) is 3.26. The van der Waals surface area contributed by atoms with Crippen LogP contribution in [0.1, 0.15) is 26.3 Å². The summed E-state index contributed by atoms with van der Waals surface area (Å²) in [5.74, 6) is 0.193. The van der Waals surface area contributed by atoms with Gasteiger partial charge in [-0.15, -0.1) is 0 Å². The van der Waals surface area contributed by atoms with Crippen molar-refractivity contribution >= 4 is 10.9 Å². The molecule has 0 radical (unpaired) electrons. The van der Waals surface area contributed by atoms with Crippen molar-refractivity contribution in [2.45, 2.75) is 26.4 Å². The highest BCUT2D eigenvalue weighted by Gasteiger charge is 2.28. The first-order valence-corrected chi connectivity index (χ1v) is 5.32. The zero-order chi connectivity index (χ0) is 11.1. The number of H-pyrrole nitrogens is 1. The predicted molar refractivity (Wildman–Crippen MR) is 62.7 cm³/mol. The van der Waals surface area contributed by atoms with Crippen molar-refractivity contribution in [1.29, 1.82) is 0 Å². The molecule has 0 fully saturated rings. The third kappa shape index (κ3) is 1.55. The van der Waals surface area contributed by atoms with Crippen LogP contribution in [0.2, 0.25) is 0 Å². The number of aromatic nitrogens is 1. The summed E-state index contributed by atoms with van der Waals surface area (Å²) >= 11 is 0. The van der Waals surface area contributed by atoms with Crippen LogP contribution < -0.4 is 0 Å². The molecule has 2 aromatic rings. The van der Waals surface area contributed by atoms with E-state index in [9.17, 15) is 5.11 Å². The normalized spacial score (nSPS) is 15.8. The monoisotopic (exact) mass is 203 g/mol. The van der Waals surface area contributed by atoms with Crippen LogP contribution in [0.3, 0.4) is 0 Å². The summed E-state index contributed by atoms with van der Waals surface area (Å²) in [4.78, 5) is 3.16. The molecule has 1 atom stereocenters. The van der Waals surface area contributed by atoms with Gasteiger partial charge >= 0.3 is 0 Å². The van der Waals surface area contributed by atoms with E-state index >= 15 is 0 Å². The van der Waals surface area contributed by atoms with Crippen molar-refractivity contribution in [2.24, 2.45) is 5.92 Å². The Morgan fingerprint density at radius 1 is 1.27 bits per heavy atom. The van der Waals surface area contributed by atoms with Crippen molar-refractivity contribution in [1.82, 2.24) is 4.98 Å². The molecule has 2 N–H and O–H groups in total. The Kier molecular flexibility index (Phi) is 2.31. The van der Waals surface area contributed by atoms with Gasteiger partial charge in [0.1, 0.15) is 0 Å². The van der Waals surface area contributed by atoms with Crippen LogP contribution in [0, 0.1) is 5.92 Å². The second-order valence-electron chi connectivity index (χ2n) is 4.55. The van der Waals surface area contributed by atoms with Gasteiger partial charge in [0.2, 0.25) is 0 Å². The summed E-state index contributed by atoms with van der Waals surface area (Å²) in [5, 5.41) is 11.6. The number of aliphatic hydroxyl groups is 1. The molecule has 1 aromatic heterocycles. The Labute approximate surface area is 89.9 Å². The third-order valence-corrected chi connectivity index (χ3v) is 3.26. The van der Waals surface area contributed by atoms with Crippen LogP contribution in [0.4, 0.5) is 0 Å². The summed E-state index contributed by atoms with van der Waals surface area (Å²) in [6.45, 7) is 5.94. The standard InChI is InChI=1S/C13H17NO/c1-9(2)13(3,15)11-5-4-6-12-10(11)7-8-14-12/h4-9,14-15H,1-3H3. The Balaban J connectivity index is 2.65. The quantitative estimate of drug-likeness (QED) is 0.773. The van der Waals surface area contributed by atoms with Gasteiger partial charge in [-0.05, 0) is 30.5 Å². The number of rotatable bonds is 2. The Bertz CT molecular complexity index is 468. The van der Waals surface area contributed by atoms with E-state index in [1.165, 1.54) is 0 Å². The van der Waals surface area contributed by atoms with Crippen LogP contribution in [0.5, 0.6) is 0 Å². The van der Waals surface area contributed by atoms with Crippen molar-refractivity contribution in [2.75, 3.05) is 0 Å². The fourth-order valence-electron chi connectivity index (χ4n) is 1.84. The van der Waals surface area contributed by atoms with Gasteiger partial charge in [-0.25, -0.2) is 0 Å². The van der Waals surface area contributed by atoms with E-state index in [4.69, 9.17) is 0 Å². The van der Waals surface area contributed by atoms with Crippen molar-refractivity contribution in [3.8, 4) is 0 Å². The van der Waals surface area contributed by atoms with E-state index in [0.29, 0.717) is 0 Å². The van der Waals surface area contributed by atoms with E-state index in [1.54, 1.807) is 0 Å². The van der Waals surface area contributed by atoms with Crippen LogP contribution >= 0.6 is 0 Å². The lowest BCUT2D eigenvalue weighted by molar-refractivity contribution is 0.0105. The fraction of sp³-hybridized carbons (Fsp3) is 0.385. The van der Waals surface area contributed by atoms with Gasteiger partial charge in [-0.2, -0.15) is 0 Å². The molecule has 1 unspecified atom stereocenters. The summed E-state index contributed by atoms with van der Waals surface area (Å²) in [6, 6.07) is 8.01. The molecule has 15 heavy (non-hydrogen) atoms. The smallest absolute Gasteiger partial charge is 0.0897 e. The van der Waals surface area contributed by atoms with Gasteiger partial charge in [-0.1, -0.05) is 26.0 Å². The molecule has 0 aliphatic rings. The Hall–Kier alpha value is -1.28. The average molecular weight is 203 g/mol. The Morgan fingerprint density at radius 2 is 2.00 bits per heavy atom. The molecule has 2 rings (SSSR count). The summed E-state index contributed by atoms with van der Waals surface area (Å²) in [6.07, 6.45) is 1.91. The molecular weight excluding hydrogens is 186 g/mol. The minimum atomic E-state index is -0.776. The lowest BCUT2D eigenvalue weighted by Gasteiger charge is -2.28. The van der Waals surface area contributed by atoms with Crippen LogP contribution in [-0.4, -0.2) is 10.1 Å². The molecule has 0 saturated heterocycles. The van der Waals surface area contributed by atoms with Gasteiger partial charge in [0.05, 0.1) is 5.60 Å². The first-order valence-electron chi connectivity index (χ1n) is 5.32. The number of hydrogen-bond donors (Lipinski definition) is 2. The van der Waals surface area contributed by atoms with Gasteiger partial charge in [0.25, 0.3) is 0 Å². The molecule has 0 aliphatic carbocycles. The maximum atomic E-state index is 10.5. The van der Waals surface area contributed by atoms with Gasteiger partial charge in [0.15, 0.2) is 0 Å². The second-order valence-corrected chi connectivity index (χ2v) is 4.55. The fourth-order valence-corrected chi connectivity index (χ4v) is 1.84. The van der Waals surface area contributed by atoms with Crippen molar-refractivity contribution in [3.05, 3.63) is 36.0 Å². The van der Waals surface area contributed by atoms with Crippen molar-refractivity contribution in [3.63, 3.8) is 0 Å². The second kappa shape index (κ2) is 3.38. The SMILES string of the molecule is CC(C)C(C)(O)c1cccc2[nH]ccc12. The lowest BCUT2D eigenvalue weighted by Crippen LogP contribution is -2.28. The highest BCUT2D eigenvalue weighted by atomic mass is 16.3. The van der Waals surface area contributed by atoms with Crippen LogP contribution in [0.25, 0.3) is 10.9 Å². The van der Waals surface area contributed by atoms with Gasteiger partial charge < -0.3 is 10.1 Å². The number of hydrogen-bond acceptors (Lipinski definition) is 1. The van der Waals surface area contributed by atoms with Gasteiger partial charge in [0, 0.05) is 17.1 Å². The minimum absolute atomic E-state index is 0.193. The molecule has 2 heteroatoms. The maximum absolute atomic E-state index is 10.5. The zero-order valence-corrected chi connectivity index (χ0v) is 9.41. The molecular formula is C13H17NO. The van der Waals surface area contributed by atoms with E-state index in [0.717, 1.165) is 16.5 Å². The molecule has 0 spiro atoms. The first-order chi connectivity index (χ1) is 7.03. The van der Waals surface area contributed by atoms with Crippen LogP contribution in [0.15, 0.2) is 30.5 Å². The lowest BCUT2D eigenvalue weighted by atomic mass is 9.83. The van der Waals surface area contributed by atoms with E-state index in [2.05, 4.69) is 4.98 Å². The topological polar surface area (TPSA) is 36.0 Å². The summed E-state index contributed by atoms with van der Waals surface area (Å²) in [5.41, 5.74) is 1.30. The molecule has 1 heterocycles. The minimum Gasteiger partial charge on any atom is -0.385 e.